The lowest BCUT2D eigenvalue weighted by Gasteiger charge is -2.39. The number of nitrogens with two attached hydrogens (primary N) is 1. The molecule has 0 aliphatic heterocycles. The smallest absolute Gasteiger partial charge is 0.238 e. The molecular formula is C14H20N2O4S. The van der Waals surface area contributed by atoms with Gasteiger partial charge in [0.1, 0.15) is 0 Å². The molecule has 1 aliphatic rings. The van der Waals surface area contributed by atoms with E-state index in [0.29, 0.717) is 12.0 Å². The molecule has 0 atom stereocenters. The minimum Gasteiger partial charge on any atom is -0.378 e. The third kappa shape index (κ3) is 4.03. The summed E-state index contributed by atoms with van der Waals surface area (Å²) < 4.78 is 27.9. The molecule has 0 saturated heterocycles. The van der Waals surface area contributed by atoms with Crippen molar-refractivity contribution < 1.29 is 17.9 Å². The Morgan fingerprint density at radius 1 is 1.43 bits per heavy atom. The number of rotatable bonds is 6. The summed E-state index contributed by atoms with van der Waals surface area (Å²) in [5.74, 6) is -0.0995. The van der Waals surface area contributed by atoms with Gasteiger partial charge in [-0.25, -0.2) is 13.6 Å². The van der Waals surface area contributed by atoms with E-state index in [1.807, 2.05) is 0 Å². The highest BCUT2D eigenvalue weighted by Crippen LogP contribution is 2.37. The fourth-order valence-electron chi connectivity index (χ4n) is 2.41. The zero-order valence-corrected chi connectivity index (χ0v) is 12.8. The number of amides is 1. The number of hydrogen-bond donors (Lipinski definition) is 2. The fourth-order valence-corrected chi connectivity index (χ4v) is 3.00. The number of benzene rings is 1. The molecule has 21 heavy (non-hydrogen) atoms. The molecule has 116 valence electrons. The average Bonchev–Trinajstić information content (AvgIpc) is 2.40. The summed E-state index contributed by atoms with van der Waals surface area (Å²) in [5.41, 5.74) is 0.377. The average molecular weight is 312 g/mol. The van der Waals surface area contributed by atoms with Crippen LogP contribution < -0.4 is 10.5 Å². The second-order valence-electron chi connectivity index (χ2n) is 5.39. The van der Waals surface area contributed by atoms with E-state index in [9.17, 15) is 13.2 Å². The lowest BCUT2D eigenvalue weighted by Crippen LogP contribution is -2.43. The lowest BCUT2D eigenvalue weighted by atomic mass is 9.77. The largest absolute Gasteiger partial charge is 0.378 e. The minimum atomic E-state index is -3.72. The van der Waals surface area contributed by atoms with Gasteiger partial charge in [0.05, 0.1) is 16.9 Å². The molecule has 1 aliphatic carbocycles. The standard InChI is InChI=1S/C14H20N2O4S/c1-20-14(6-3-7-14)9-13(17)16-10-11-4-2-5-12(8-11)21(15,18)19/h2,4-5,8H,3,6-7,9-10H2,1H3,(H,16,17)(H2,15,18,19). The van der Waals surface area contributed by atoms with Crippen LogP contribution in [0.1, 0.15) is 31.2 Å². The summed E-state index contributed by atoms with van der Waals surface area (Å²) in [6.45, 7) is 0.266. The van der Waals surface area contributed by atoms with Crippen molar-refractivity contribution in [3.05, 3.63) is 29.8 Å². The Morgan fingerprint density at radius 2 is 2.14 bits per heavy atom. The fraction of sp³-hybridized carbons (Fsp3) is 0.500. The van der Waals surface area contributed by atoms with Gasteiger partial charge in [0.15, 0.2) is 0 Å². The molecule has 3 N–H and O–H groups in total. The van der Waals surface area contributed by atoms with Crippen molar-refractivity contribution in [2.75, 3.05) is 7.11 Å². The molecule has 1 aromatic carbocycles. The monoisotopic (exact) mass is 312 g/mol. The lowest BCUT2D eigenvalue weighted by molar-refractivity contribution is -0.134. The Balaban J connectivity index is 1.92. The number of carbonyl (C=O) groups excluding carboxylic acids is 1. The third-order valence-corrected chi connectivity index (χ3v) is 4.81. The maximum Gasteiger partial charge on any atom is 0.238 e. The number of sulfonamides is 1. The molecule has 0 spiro atoms. The Labute approximate surface area is 124 Å². The second-order valence-corrected chi connectivity index (χ2v) is 6.95. The molecule has 2 rings (SSSR count). The summed E-state index contributed by atoms with van der Waals surface area (Å²) in [7, 11) is -2.10. The van der Waals surface area contributed by atoms with Crippen LogP contribution >= 0.6 is 0 Å². The molecule has 0 heterocycles. The topological polar surface area (TPSA) is 98.5 Å². The molecule has 0 aromatic heterocycles. The number of nitrogens with one attached hydrogen (secondary N) is 1. The van der Waals surface area contributed by atoms with Crippen molar-refractivity contribution in [3.63, 3.8) is 0 Å². The van der Waals surface area contributed by atoms with E-state index in [0.717, 1.165) is 19.3 Å². The van der Waals surface area contributed by atoms with Gasteiger partial charge in [-0.2, -0.15) is 0 Å². The van der Waals surface area contributed by atoms with Gasteiger partial charge < -0.3 is 10.1 Å². The van der Waals surface area contributed by atoms with Gasteiger partial charge in [0.25, 0.3) is 0 Å². The SMILES string of the molecule is COC1(CC(=O)NCc2cccc(S(N)(=O)=O)c2)CCC1. The predicted molar refractivity (Wildman–Crippen MR) is 77.9 cm³/mol. The van der Waals surface area contributed by atoms with Gasteiger partial charge in [0, 0.05) is 13.7 Å². The Kier molecular flexibility index (Phi) is 4.65. The molecule has 0 unspecified atom stereocenters. The van der Waals surface area contributed by atoms with Crippen molar-refractivity contribution in [1.29, 1.82) is 0 Å². The van der Waals surface area contributed by atoms with Crippen LogP contribution in [0, 0.1) is 0 Å². The number of ether oxygens (including phenoxy) is 1. The number of hydrogen-bond acceptors (Lipinski definition) is 4. The number of primary sulfonamides is 1. The summed E-state index contributed by atoms with van der Waals surface area (Å²) >= 11 is 0. The molecule has 1 amide bonds. The molecule has 1 saturated carbocycles. The van der Waals surface area contributed by atoms with Crippen LogP contribution in [-0.4, -0.2) is 27.0 Å². The van der Waals surface area contributed by atoms with Crippen LogP contribution in [0.15, 0.2) is 29.2 Å². The summed E-state index contributed by atoms with van der Waals surface area (Å²) in [5, 5.41) is 7.86. The van der Waals surface area contributed by atoms with E-state index in [1.54, 1.807) is 19.2 Å². The van der Waals surface area contributed by atoms with E-state index in [1.165, 1.54) is 12.1 Å². The van der Waals surface area contributed by atoms with E-state index < -0.39 is 10.0 Å². The van der Waals surface area contributed by atoms with Crippen molar-refractivity contribution in [1.82, 2.24) is 5.32 Å². The molecule has 7 heteroatoms. The zero-order chi connectivity index (χ0) is 15.5. The summed E-state index contributed by atoms with van der Waals surface area (Å²) in [6.07, 6.45) is 3.21. The van der Waals surface area contributed by atoms with Gasteiger partial charge in [-0.15, -0.1) is 0 Å². The highest BCUT2D eigenvalue weighted by Gasteiger charge is 2.38. The van der Waals surface area contributed by atoms with Crippen LogP contribution in [0.4, 0.5) is 0 Å². The van der Waals surface area contributed by atoms with E-state index in [4.69, 9.17) is 9.88 Å². The normalized spacial score (nSPS) is 17.0. The highest BCUT2D eigenvalue weighted by molar-refractivity contribution is 7.89. The molecule has 1 aromatic rings. The predicted octanol–water partition coefficient (Wildman–Crippen LogP) is 0.909. The van der Waals surface area contributed by atoms with E-state index in [-0.39, 0.29) is 22.9 Å². The Hall–Kier alpha value is -1.44. The molecule has 0 bridgehead atoms. The first kappa shape index (κ1) is 15.9. The van der Waals surface area contributed by atoms with Gasteiger partial charge in [-0.3, -0.25) is 4.79 Å². The van der Waals surface area contributed by atoms with Crippen molar-refractivity contribution in [2.45, 2.75) is 42.7 Å². The summed E-state index contributed by atoms with van der Waals surface area (Å²) in [4.78, 5) is 12.0. The molecule has 6 nitrogen and oxygen atoms in total. The minimum absolute atomic E-state index is 0.0432. The number of carbonyl (C=O) groups is 1. The molecular weight excluding hydrogens is 292 g/mol. The highest BCUT2D eigenvalue weighted by atomic mass is 32.2. The van der Waals surface area contributed by atoms with Gasteiger partial charge in [0.2, 0.25) is 15.9 Å². The van der Waals surface area contributed by atoms with Crippen molar-refractivity contribution >= 4 is 15.9 Å². The van der Waals surface area contributed by atoms with Gasteiger partial charge >= 0.3 is 0 Å². The first-order chi connectivity index (χ1) is 9.85. The van der Waals surface area contributed by atoms with Crippen molar-refractivity contribution in [3.8, 4) is 0 Å². The second kappa shape index (κ2) is 6.13. The maximum atomic E-state index is 11.9. The Bertz CT molecular complexity index is 618. The quantitative estimate of drug-likeness (QED) is 0.815. The molecule has 0 radical (unpaired) electrons. The van der Waals surface area contributed by atoms with Gasteiger partial charge in [-0.1, -0.05) is 12.1 Å². The first-order valence-electron chi connectivity index (χ1n) is 6.78. The summed E-state index contributed by atoms with van der Waals surface area (Å²) in [6, 6.07) is 6.23. The first-order valence-corrected chi connectivity index (χ1v) is 8.33. The Morgan fingerprint density at radius 3 is 2.67 bits per heavy atom. The van der Waals surface area contributed by atoms with Crippen LogP contribution in [0.25, 0.3) is 0 Å². The number of methoxy groups -OCH3 is 1. The van der Waals surface area contributed by atoms with E-state index >= 15 is 0 Å². The van der Waals surface area contributed by atoms with Crippen LogP contribution in [-0.2, 0) is 26.1 Å². The van der Waals surface area contributed by atoms with E-state index in [2.05, 4.69) is 5.32 Å². The van der Waals surface area contributed by atoms with Crippen LogP contribution in [0.2, 0.25) is 0 Å². The molecule has 1 fully saturated rings. The maximum absolute atomic E-state index is 11.9. The van der Waals surface area contributed by atoms with Crippen LogP contribution in [0.3, 0.4) is 0 Å². The zero-order valence-electron chi connectivity index (χ0n) is 12.0. The van der Waals surface area contributed by atoms with Crippen LogP contribution in [0.5, 0.6) is 0 Å². The van der Waals surface area contributed by atoms with Gasteiger partial charge in [-0.05, 0) is 37.0 Å². The van der Waals surface area contributed by atoms with Crippen molar-refractivity contribution in [2.24, 2.45) is 5.14 Å². The third-order valence-electron chi connectivity index (χ3n) is 3.90.